The number of nitrogens with zero attached hydrogens (tertiary/aromatic N) is 4. The monoisotopic (exact) mass is 652 g/mol. The zero-order valence-electron chi connectivity index (χ0n) is 25.6. The van der Waals surface area contributed by atoms with E-state index in [-0.39, 0.29) is 30.1 Å². The fourth-order valence-electron chi connectivity index (χ4n) is 6.71. The van der Waals surface area contributed by atoms with Crippen LogP contribution >= 0.6 is 11.8 Å². The van der Waals surface area contributed by atoms with Crippen molar-refractivity contribution >= 4 is 46.0 Å². The topological polar surface area (TPSA) is 111 Å². The lowest BCUT2D eigenvalue weighted by Gasteiger charge is -2.42. The lowest BCUT2D eigenvalue weighted by Crippen LogP contribution is -2.49. The van der Waals surface area contributed by atoms with Crippen molar-refractivity contribution in [3.8, 4) is 5.75 Å². The van der Waals surface area contributed by atoms with Crippen LogP contribution in [0.2, 0.25) is 0 Å². The maximum Gasteiger partial charge on any atom is 0.328 e. The van der Waals surface area contributed by atoms with Crippen LogP contribution in [0.3, 0.4) is 0 Å². The van der Waals surface area contributed by atoms with Crippen molar-refractivity contribution in [1.29, 1.82) is 0 Å². The number of aromatic nitrogens is 2. The second-order valence-corrected chi connectivity index (χ2v) is 14.0. The van der Waals surface area contributed by atoms with Crippen molar-refractivity contribution in [2.75, 3.05) is 49.1 Å². The molecule has 7 rings (SSSR count). The van der Waals surface area contributed by atoms with Gasteiger partial charge in [-0.3, -0.25) is 19.8 Å². The molecule has 4 aliphatic rings. The Morgan fingerprint density at radius 2 is 1.70 bits per heavy atom. The number of hydrogen-bond acceptors (Lipinski definition) is 8. The molecule has 0 bridgehead atoms. The first kappa shape index (κ1) is 30.9. The van der Waals surface area contributed by atoms with Crippen LogP contribution in [0.15, 0.2) is 35.1 Å². The highest BCUT2D eigenvalue weighted by Crippen LogP contribution is 2.33. The molecule has 10 nitrogen and oxygen atoms in total. The summed E-state index contributed by atoms with van der Waals surface area (Å²) in [5.41, 5.74) is 0.849. The van der Waals surface area contributed by atoms with Gasteiger partial charge in [-0.25, -0.2) is 18.6 Å². The first-order chi connectivity index (χ1) is 22.3. The zero-order chi connectivity index (χ0) is 31.8. The average molecular weight is 653 g/mol. The van der Waals surface area contributed by atoms with Crippen LogP contribution in [0, 0.1) is 17.6 Å². The standard InChI is InChI=1S/C33H38F2N6O4S/c34-25-15-22(41-14-9-30(42)38-33(41)44)3-4-28(25)40-10-5-21(6-11-40)39-12-7-24(8-13-39)46-19-29-36-27-17-23(45-18-20-1-2-20)16-26(35)31(27)32(43)37-29/h3-4,15-17,20-21,24H,1-2,5-14,18-19H2,(H,36,37,43)(H,38,42,44). The number of rotatable bonds is 9. The van der Waals surface area contributed by atoms with Gasteiger partial charge in [-0.2, -0.15) is 11.8 Å². The molecule has 0 spiro atoms. The van der Waals surface area contributed by atoms with E-state index in [0.29, 0.717) is 58.0 Å². The number of likely N-dealkylation sites (tertiary alicyclic amines) is 1. The number of hydrogen-bond donors (Lipinski definition) is 2. The number of fused-ring (bicyclic) bond motifs is 1. The third-order valence-electron chi connectivity index (χ3n) is 9.52. The van der Waals surface area contributed by atoms with E-state index in [9.17, 15) is 18.8 Å². The molecule has 1 saturated carbocycles. The number of nitrogens with one attached hydrogen (secondary N) is 2. The molecule has 3 amide bonds. The third kappa shape index (κ3) is 6.85. The fraction of sp³-hybridized carbons (Fsp3) is 0.515. The van der Waals surface area contributed by atoms with Crippen LogP contribution in [-0.4, -0.2) is 77.4 Å². The minimum Gasteiger partial charge on any atom is -0.493 e. The number of halogens is 2. The molecular formula is C33H38F2N6O4S. The number of aromatic amines is 1. The van der Waals surface area contributed by atoms with E-state index in [1.165, 1.54) is 17.0 Å². The van der Waals surface area contributed by atoms with Crippen LogP contribution in [0.5, 0.6) is 5.75 Å². The first-order valence-corrected chi connectivity index (χ1v) is 17.2. The number of anilines is 2. The zero-order valence-corrected chi connectivity index (χ0v) is 26.4. The molecule has 2 N–H and O–H groups in total. The van der Waals surface area contributed by atoms with Crippen molar-refractivity contribution in [2.24, 2.45) is 5.92 Å². The van der Waals surface area contributed by atoms with E-state index in [1.807, 2.05) is 0 Å². The van der Waals surface area contributed by atoms with E-state index < -0.39 is 17.4 Å². The van der Waals surface area contributed by atoms with Gasteiger partial charge in [-0.05, 0) is 75.7 Å². The number of thioether (sulfide) groups is 1. The van der Waals surface area contributed by atoms with E-state index >= 15 is 4.39 Å². The minimum absolute atomic E-state index is 0.0307. The van der Waals surface area contributed by atoms with Gasteiger partial charge in [-0.1, -0.05) is 0 Å². The quantitative estimate of drug-likeness (QED) is 0.339. The van der Waals surface area contributed by atoms with Crippen LogP contribution in [0.1, 0.15) is 50.8 Å². The summed E-state index contributed by atoms with van der Waals surface area (Å²) in [6, 6.07) is 7.71. The summed E-state index contributed by atoms with van der Waals surface area (Å²) < 4.78 is 35.6. The van der Waals surface area contributed by atoms with E-state index in [2.05, 4.69) is 25.1 Å². The summed E-state index contributed by atoms with van der Waals surface area (Å²) in [4.78, 5) is 49.6. The molecule has 1 aliphatic carbocycles. The molecule has 0 atom stereocenters. The van der Waals surface area contributed by atoms with Crippen LogP contribution < -0.4 is 25.4 Å². The first-order valence-electron chi connectivity index (χ1n) is 16.2. The number of imide groups is 1. The number of carbonyl (C=O) groups is 2. The summed E-state index contributed by atoms with van der Waals surface area (Å²) in [5, 5.41) is 2.68. The Hall–Kier alpha value is -3.71. The molecule has 0 radical (unpaired) electrons. The Morgan fingerprint density at radius 1 is 0.913 bits per heavy atom. The molecule has 2 aromatic carbocycles. The molecule has 0 unspecified atom stereocenters. The fourth-order valence-corrected chi connectivity index (χ4v) is 7.78. The van der Waals surface area contributed by atoms with Gasteiger partial charge in [-0.15, -0.1) is 0 Å². The Labute approximate surface area is 269 Å². The molecule has 46 heavy (non-hydrogen) atoms. The minimum atomic E-state index is -0.611. The average Bonchev–Trinajstić information content (AvgIpc) is 3.88. The molecule has 4 heterocycles. The van der Waals surface area contributed by atoms with Crippen molar-refractivity contribution in [3.63, 3.8) is 0 Å². The number of amides is 3. The molecule has 244 valence electrons. The van der Waals surface area contributed by atoms with Gasteiger partial charge in [0.15, 0.2) is 0 Å². The predicted molar refractivity (Wildman–Crippen MR) is 174 cm³/mol. The smallest absolute Gasteiger partial charge is 0.328 e. The summed E-state index contributed by atoms with van der Waals surface area (Å²) in [5.74, 6) is 0.756. The normalized spacial score (nSPS) is 20.4. The van der Waals surface area contributed by atoms with Gasteiger partial charge >= 0.3 is 6.03 Å². The predicted octanol–water partition coefficient (Wildman–Crippen LogP) is 4.80. The number of urea groups is 1. The van der Waals surface area contributed by atoms with Gasteiger partial charge in [0.1, 0.15) is 28.6 Å². The number of benzene rings is 2. The molecular weight excluding hydrogens is 614 g/mol. The van der Waals surface area contributed by atoms with E-state index in [4.69, 9.17) is 4.74 Å². The molecule has 3 aliphatic heterocycles. The van der Waals surface area contributed by atoms with Crippen LogP contribution in [0.4, 0.5) is 25.0 Å². The van der Waals surface area contributed by atoms with Gasteiger partial charge in [0, 0.05) is 55.2 Å². The Balaban J connectivity index is 0.887. The summed E-state index contributed by atoms with van der Waals surface area (Å²) in [6.07, 6.45) is 6.42. The Morgan fingerprint density at radius 3 is 2.41 bits per heavy atom. The summed E-state index contributed by atoms with van der Waals surface area (Å²) >= 11 is 1.78. The molecule has 13 heteroatoms. The highest BCUT2D eigenvalue weighted by atomic mass is 32.2. The number of piperidine rings is 2. The van der Waals surface area contributed by atoms with Gasteiger partial charge in [0.2, 0.25) is 5.91 Å². The van der Waals surface area contributed by atoms with Crippen LogP contribution in [0.25, 0.3) is 10.9 Å². The SMILES string of the molecule is O=C1CCN(c2ccc(N3CCC(N4CCC(SCc5nc6cc(OCC7CC7)cc(F)c6c(=O)[nH]5)CC4)CC3)c(F)c2)C(=O)N1. The highest BCUT2D eigenvalue weighted by molar-refractivity contribution is 7.99. The second kappa shape index (κ2) is 13.2. The van der Waals surface area contributed by atoms with E-state index in [1.54, 1.807) is 30.0 Å². The maximum atomic E-state index is 15.2. The molecule has 3 aromatic rings. The van der Waals surface area contributed by atoms with Crippen molar-refractivity contribution in [2.45, 2.75) is 62.0 Å². The Kier molecular flexibility index (Phi) is 8.86. The lowest BCUT2D eigenvalue weighted by atomic mass is 9.99. The van der Waals surface area contributed by atoms with Crippen molar-refractivity contribution in [1.82, 2.24) is 20.2 Å². The maximum absolute atomic E-state index is 15.2. The number of ether oxygens (including phenoxy) is 1. The van der Waals surface area contributed by atoms with Crippen LogP contribution in [-0.2, 0) is 10.5 Å². The summed E-state index contributed by atoms with van der Waals surface area (Å²) in [6.45, 7) is 4.28. The second-order valence-electron chi connectivity index (χ2n) is 12.7. The van der Waals surface area contributed by atoms with Gasteiger partial charge in [0.05, 0.1) is 23.6 Å². The highest BCUT2D eigenvalue weighted by Gasteiger charge is 2.30. The van der Waals surface area contributed by atoms with Crippen molar-refractivity contribution < 1.29 is 23.1 Å². The molecule has 4 fully saturated rings. The number of carbonyl (C=O) groups excluding carboxylic acids is 2. The lowest BCUT2D eigenvalue weighted by molar-refractivity contribution is -0.120. The Bertz CT molecular complexity index is 1680. The molecule has 3 saturated heterocycles. The van der Waals surface area contributed by atoms with E-state index in [0.717, 1.165) is 64.7 Å². The van der Waals surface area contributed by atoms with Crippen molar-refractivity contribution in [3.05, 3.63) is 58.1 Å². The number of H-pyrrole nitrogens is 1. The largest absolute Gasteiger partial charge is 0.493 e. The summed E-state index contributed by atoms with van der Waals surface area (Å²) in [7, 11) is 0. The third-order valence-corrected chi connectivity index (χ3v) is 10.9. The molecule has 1 aromatic heterocycles. The van der Waals surface area contributed by atoms with Gasteiger partial charge < -0.3 is 19.5 Å². The van der Waals surface area contributed by atoms with Gasteiger partial charge in [0.25, 0.3) is 5.56 Å².